The van der Waals surface area contributed by atoms with Crippen molar-refractivity contribution < 1.29 is 9.13 Å². The first-order valence-corrected chi connectivity index (χ1v) is 7.74. The fourth-order valence-corrected chi connectivity index (χ4v) is 3.47. The van der Waals surface area contributed by atoms with Crippen LogP contribution in [0.4, 0.5) is 10.3 Å². The van der Waals surface area contributed by atoms with E-state index in [0.717, 1.165) is 39.0 Å². The Morgan fingerprint density at radius 1 is 1.24 bits per heavy atom. The van der Waals surface area contributed by atoms with Gasteiger partial charge in [0.2, 0.25) is 5.95 Å². The van der Waals surface area contributed by atoms with Crippen molar-refractivity contribution >= 4 is 5.95 Å². The smallest absolute Gasteiger partial charge is 0.225 e. The van der Waals surface area contributed by atoms with Crippen molar-refractivity contribution in [2.45, 2.75) is 44.9 Å². The van der Waals surface area contributed by atoms with E-state index in [2.05, 4.69) is 33.6 Å². The number of halogens is 1. The normalized spacial score (nSPS) is 30.8. The molecular formula is C15H23FN4O. The Labute approximate surface area is 125 Å². The molecule has 2 saturated heterocycles. The van der Waals surface area contributed by atoms with Gasteiger partial charge in [0.05, 0.1) is 24.6 Å². The molecular weight excluding hydrogens is 271 g/mol. The molecule has 3 heterocycles. The molecule has 0 bridgehead atoms. The average Bonchev–Trinajstić information content (AvgIpc) is 2.86. The summed E-state index contributed by atoms with van der Waals surface area (Å²) in [7, 11) is 0. The first-order valence-electron chi connectivity index (χ1n) is 7.74. The summed E-state index contributed by atoms with van der Waals surface area (Å²) in [5, 5.41) is 0. The van der Waals surface area contributed by atoms with Gasteiger partial charge in [0, 0.05) is 32.2 Å². The van der Waals surface area contributed by atoms with Crippen LogP contribution in [0.2, 0.25) is 0 Å². The van der Waals surface area contributed by atoms with E-state index in [1.54, 1.807) is 0 Å². The highest BCUT2D eigenvalue weighted by molar-refractivity contribution is 5.32. The summed E-state index contributed by atoms with van der Waals surface area (Å²) < 4.78 is 18.7. The molecule has 116 valence electrons. The fraction of sp³-hybridized carbons (Fsp3) is 0.733. The maximum absolute atomic E-state index is 13.0. The molecule has 0 aromatic carbocycles. The highest BCUT2D eigenvalue weighted by Crippen LogP contribution is 2.24. The molecule has 2 aliphatic heterocycles. The fourth-order valence-electron chi connectivity index (χ4n) is 3.47. The molecule has 2 fully saturated rings. The quantitative estimate of drug-likeness (QED) is 0.848. The van der Waals surface area contributed by atoms with Gasteiger partial charge >= 0.3 is 0 Å². The van der Waals surface area contributed by atoms with Crippen LogP contribution in [0.1, 0.15) is 26.7 Å². The topological polar surface area (TPSA) is 41.5 Å². The van der Waals surface area contributed by atoms with Gasteiger partial charge in [-0.2, -0.15) is 0 Å². The zero-order valence-corrected chi connectivity index (χ0v) is 12.7. The molecule has 2 aliphatic rings. The third kappa shape index (κ3) is 3.49. The Balaban J connectivity index is 1.65. The molecule has 0 radical (unpaired) electrons. The summed E-state index contributed by atoms with van der Waals surface area (Å²) in [5.41, 5.74) is 0. The van der Waals surface area contributed by atoms with Crippen LogP contribution in [0, 0.1) is 5.82 Å². The molecule has 21 heavy (non-hydrogen) atoms. The Morgan fingerprint density at radius 2 is 1.90 bits per heavy atom. The van der Waals surface area contributed by atoms with Gasteiger partial charge in [-0.1, -0.05) is 0 Å². The van der Waals surface area contributed by atoms with Crippen molar-refractivity contribution in [2.24, 2.45) is 0 Å². The van der Waals surface area contributed by atoms with E-state index in [-0.39, 0.29) is 18.0 Å². The Hall–Kier alpha value is -1.27. The van der Waals surface area contributed by atoms with Crippen molar-refractivity contribution in [2.75, 3.05) is 31.1 Å². The SMILES string of the molecule is C[C@@H]1CN(C[C@H]2CCCN2c2ncc(F)cn2)C[C@@H](C)O1. The van der Waals surface area contributed by atoms with E-state index in [1.807, 2.05) is 0 Å². The predicted octanol–water partition coefficient (Wildman–Crippen LogP) is 1.69. The molecule has 0 amide bonds. The Morgan fingerprint density at radius 3 is 2.57 bits per heavy atom. The second-order valence-corrected chi connectivity index (χ2v) is 6.17. The van der Waals surface area contributed by atoms with E-state index in [1.165, 1.54) is 12.4 Å². The van der Waals surface area contributed by atoms with E-state index >= 15 is 0 Å². The van der Waals surface area contributed by atoms with E-state index in [0.29, 0.717) is 12.0 Å². The van der Waals surface area contributed by atoms with Crippen LogP contribution in [-0.4, -0.2) is 59.3 Å². The monoisotopic (exact) mass is 294 g/mol. The van der Waals surface area contributed by atoms with Crippen molar-refractivity contribution in [1.82, 2.24) is 14.9 Å². The number of aromatic nitrogens is 2. The lowest BCUT2D eigenvalue weighted by atomic mass is 10.1. The number of hydrogen-bond donors (Lipinski definition) is 0. The molecule has 0 aliphatic carbocycles. The van der Waals surface area contributed by atoms with E-state index in [9.17, 15) is 4.39 Å². The highest BCUT2D eigenvalue weighted by atomic mass is 19.1. The lowest BCUT2D eigenvalue weighted by molar-refractivity contribution is -0.0690. The first-order chi connectivity index (χ1) is 10.1. The third-order valence-electron chi connectivity index (χ3n) is 4.20. The molecule has 0 unspecified atom stereocenters. The zero-order chi connectivity index (χ0) is 14.8. The van der Waals surface area contributed by atoms with Crippen LogP contribution in [0.15, 0.2) is 12.4 Å². The Bertz CT molecular complexity index is 459. The van der Waals surface area contributed by atoms with Gasteiger partial charge in [0.15, 0.2) is 5.82 Å². The van der Waals surface area contributed by atoms with Crippen molar-refractivity contribution in [3.63, 3.8) is 0 Å². The summed E-state index contributed by atoms with van der Waals surface area (Å²) >= 11 is 0. The van der Waals surface area contributed by atoms with Gasteiger partial charge in [0.25, 0.3) is 0 Å². The molecule has 0 N–H and O–H groups in total. The van der Waals surface area contributed by atoms with Crippen molar-refractivity contribution in [1.29, 1.82) is 0 Å². The summed E-state index contributed by atoms with van der Waals surface area (Å²) in [4.78, 5) is 12.9. The van der Waals surface area contributed by atoms with Crippen molar-refractivity contribution in [3.05, 3.63) is 18.2 Å². The molecule has 0 saturated carbocycles. The summed E-state index contributed by atoms with van der Waals surface area (Å²) in [6.45, 7) is 8.14. The molecule has 3 rings (SSSR count). The third-order valence-corrected chi connectivity index (χ3v) is 4.20. The lowest BCUT2D eigenvalue weighted by Crippen LogP contribution is -2.50. The molecule has 1 aromatic rings. The summed E-state index contributed by atoms with van der Waals surface area (Å²) in [5.74, 6) is 0.263. The molecule has 0 spiro atoms. The van der Waals surface area contributed by atoms with Crippen LogP contribution in [-0.2, 0) is 4.74 Å². The van der Waals surface area contributed by atoms with E-state index < -0.39 is 0 Å². The van der Waals surface area contributed by atoms with Crippen LogP contribution in [0.25, 0.3) is 0 Å². The van der Waals surface area contributed by atoms with Crippen LogP contribution >= 0.6 is 0 Å². The highest BCUT2D eigenvalue weighted by Gasteiger charge is 2.31. The Kier molecular flexibility index (Phi) is 4.35. The van der Waals surface area contributed by atoms with Crippen LogP contribution in [0.5, 0.6) is 0 Å². The van der Waals surface area contributed by atoms with Crippen LogP contribution < -0.4 is 4.90 Å². The number of rotatable bonds is 3. The standard InChI is InChI=1S/C15H23FN4O/c1-11-8-19(9-12(2)21-11)10-14-4-3-5-20(14)15-17-6-13(16)7-18-15/h6-7,11-12,14H,3-5,8-10H2,1-2H3/t11-,12-,14-/m1/s1. The van der Waals surface area contributed by atoms with Gasteiger partial charge in [0.1, 0.15) is 0 Å². The van der Waals surface area contributed by atoms with Gasteiger partial charge in [-0.05, 0) is 26.7 Å². The number of anilines is 1. The second kappa shape index (κ2) is 6.23. The minimum atomic E-state index is -0.384. The van der Waals surface area contributed by atoms with Gasteiger partial charge in [-0.25, -0.2) is 14.4 Å². The molecule has 6 heteroatoms. The summed E-state index contributed by atoms with van der Waals surface area (Å²) in [6.07, 6.45) is 5.34. The molecule has 1 aromatic heterocycles. The minimum absolute atomic E-state index is 0.283. The lowest BCUT2D eigenvalue weighted by Gasteiger charge is -2.38. The maximum Gasteiger partial charge on any atom is 0.225 e. The zero-order valence-electron chi connectivity index (χ0n) is 12.7. The second-order valence-electron chi connectivity index (χ2n) is 6.17. The van der Waals surface area contributed by atoms with Crippen LogP contribution in [0.3, 0.4) is 0 Å². The largest absolute Gasteiger partial charge is 0.373 e. The average molecular weight is 294 g/mol. The predicted molar refractivity (Wildman–Crippen MR) is 78.8 cm³/mol. The van der Waals surface area contributed by atoms with Gasteiger partial charge in [-0.15, -0.1) is 0 Å². The summed E-state index contributed by atoms with van der Waals surface area (Å²) in [6, 6.07) is 0.410. The first kappa shape index (κ1) is 14.7. The van der Waals surface area contributed by atoms with E-state index in [4.69, 9.17) is 4.74 Å². The number of ether oxygens (including phenoxy) is 1. The minimum Gasteiger partial charge on any atom is -0.373 e. The number of nitrogens with zero attached hydrogens (tertiary/aromatic N) is 4. The van der Waals surface area contributed by atoms with Gasteiger partial charge in [-0.3, -0.25) is 4.90 Å². The molecule has 3 atom stereocenters. The number of hydrogen-bond acceptors (Lipinski definition) is 5. The molecule has 5 nitrogen and oxygen atoms in total. The number of morpholine rings is 1. The maximum atomic E-state index is 13.0. The van der Waals surface area contributed by atoms with Gasteiger partial charge < -0.3 is 9.64 Å². The van der Waals surface area contributed by atoms with Crippen molar-refractivity contribution in [3.8, 4) is 0 Å².